The normalized spacial score (nSPS) is 23.1. The highest BCUT2D eigenvalue weighted by Gasteiger charge is 2.31. The fourth-order valence-electron chi connectivity index (χ4n) is 2.60. The Morgan fingerprint density at radius 2 is 2.22 bits per heavy atom. The van der Waals surface area contributed by atoms with E-state index in [-0.39, 0.29) is 12.0 Å². The van der Waals surface area contributed by atoms with Crippen LogP contribution < -0.4 is 0 Å². The average Bonchev–Trinajstić information content (AvgIpc) is 2.85. The molecular formula is C15H14N2O. The second kappa shape index (κ2) is 4.40. The lowest BCUT2D eigenvalue weighted by Gasteiger charge is -2.16. The quantitative estimate of drug-likeness (QED) is 0.766. The molecule has 0 spiro atoms. The lowest BCUT2D eigenvalue weighted by atomic mass is 9.94. The highest BCUT2D eigenvalue weighted by atomic mass is 16.5. The minimum Gasteiger partial charge on any atom is -0.372 e. The van der Waals surface area contributed by atoms with Gasteiger partial charge in [0.2, 0.25) is 0 Å². The zero-order chi connectivity index (χ0) is 12.5. The molecule has 2 aromatic rings. The van der Waals surface area contributed by atoms with Crippen LogP contribution in [0.25, 0.3) is 10.9 Å². The first-order chi connectivity index (χ1) is 8.79. The fraction of sp³-hybridized carbons (Fsp3) is 0.333. The molecule has 3 rings (SSSR count). The van der Waals surface area contributed by atoms with Gasteiger partial charge in [0, 0.05) is 17.7 Å². The summed E-state index contributed by atoms with van der Waals surface area (Å²) in [6.45, 7) is 2.64. The minimum atomic E-state index is -0.110. The zero-order valence-corrected chi connectivity index (χ0v) is 10.3. The van der Waals surface area contributed by atoms with E-state index < -0.39 is 0 Å². The molecule has 0 amide bonds. The van der Waals surface area contributed by atoms with Gasteiger partial charge in [0.25, 0.3) is 0 Å². The molecular weight excluding hydrogens is 224 g/mol. The van der Waals surface area contributed by atoms with Gasteiger partial charge in [0.15, 0.2) is 0 Å². The van der Waals surface area contributed by atoms with Crippen molar-refractivity contribution in [1.82, 2.24) is 4.98 Å². The number of benzene rings is 1. The summed E-state index contributed by atoms with van der Waals surface area (Å²) in [4.78, 5) is 4.52. The number of pyridine rings is 1. The third-order valence-corrected chi connectivity index (χ3v) is 3.44. The number of ether oxygens (including phenoxy) is 1. The number of aryl methyl sites for hydroxylation is 1. The summed E-state index contributed by atoms with van der Waals surface area (Å²) in [6, 6.07) is 12.4. The van der Waals surface area contributed by atoms with Crippen molar-refractivity contribution >= 4 is 10.9 Å². The molecule has 1 saturated heterocycles. The lowest BCUT2D eigenvalue weighted by Crippen LogP contribution is -2.07. The van der Waals surface area contributed by atoms with E-state index in [2.05, 4.69) is 11.1 Å². The molecule has 0 aliphatic carbocycles. The third-order valence-electron chi connectivity index (χ3n) is 3.44. The first-order valence-electron chi connectivity index (χ1n) is 6.17. The predicted molar refractivity (Wildman–Crippen MR) is 68.9 cm³/mol. The van der Waals surface area contributed by atoms with Gasteiger partial charge in [-0.2, -0.15) is 5.26 Å². The van der Waals surface area contributed by atoms with Crippen molar-refractivity contribution in [3.8, 4) is 6.07 Å². The topological polar surface area (TPSA) is 45.9 Å². The van der Waals surface area contributed by atoms with Crippen LogP contribution in [0.5, 0.6) is 0 Å². The molecule has 2 heterocycles. The Labute approximate surface area is 106 Å². The maximum Gasteiger partial charge on any atom is 0.0991 e. The van der Waals surface area contributed by atoms with Gasteiger partial charge in [-0.05, 0) is 31.0 Å². The van der Waals surface area contributed by atoms with E-state index >= 15 is 0 Å². The van der Waals surface area contributed by atoms with Gasteiger partial charge in [0.05, 0.1) is 23.6 Å². The van der Waals surface area contributed by atoms with Crippen LogP contribution >= 0.6 is 0 Å². The van der Waals surface area contributed by atoms with E-state index in [0.717, 1.165) is 28.6 Å². The van der Waals surface area contributed by atoms with Crippen molar-refractivity contribution in [1.29, 1.82) is 5.26 Å². The number of hydrogen-bond acceptors (Lipinski definition) is 3. The maximum absolute atomic E-state index is 9.19. The van der Waals surface area contributed by atoms with Gasteiger partial charge in [-0.25, -0.2) is 0 Å². The van der Waals surface area contributed by atoms with Crippen molar-refractivity contribution in [3.05, 3.63) is 41.6 Å². The van der Waals surface area contributed by atoms with Crippen molar-refractivity contribution < 1.29 is 4.74 Å². The van der Waals surface area contributed by atoms with E-state index in [0.29, 0.717) is 6.61 Å². The molecule has 90 valence electrons. The molecule has 0 N–H and O–H groups in total. The summed E-state index contributed by atoms with van der Waals surface area (Å²) in [5.74, 6) is -0.0461. The highest BCUT2D eigenvalue weighted by molar-refractivity contribution is 5.82. The smallest absolute Gasteiger partial charge is 0.0991 e. The van der Waals surface area contributed by atoms with Crippen LogP contribution in [-0.2, 0) is 4.74 Å². The minimum absolute atomic E-state index is 0.0461. The number of rotatable bonds is 1. The molecule has 3 nitrogen and oxygen atoms in total. The first-order valence-corrected chi connectivity index (χ1v) is 6.17. The van der Waals surface area contributed by atoms with Crippen LogP contribution in [0, 0.1) is 24.2 Å². The largest absolute Gasteiger partial charge is 0.372 e. The van der Waals surface area contributed by atoms with Gasteiger partial charge >= 0.3 is 0 Å². The first kappa shape index (κ1) is 11.2. The van der Waals surface area contributed by atoms with Gasteiger partial charge in [0.1, 0.15) is 0 Å². The van der Waals surface area contributed by atoms with Crippen molar-refractivity contribution in [3.63, 3.8) is 0 Å². The van der Waals surface area contributed by atoms with Crippen molar-refractivity contribution in [2.24, 2.45) is 5.92 Å². The standard InChI is InChI=1S/C15H14N2O/c1-10-8-13(15-11(9-16)6-7-18-15)12-4-2-3-5-14(12)17-10/h2-5,8,11,15H,6-7H2,1H3. The SMILES string of the molecule is Cc1cc(C2OCCC2C#N)c2ccccc2n1. The number of fused-ring (bicyclic) bond motifs is 1. The summed E-state index contributed by atoms with van der Waals surface area (Å²) < 4.78 is 5.76. The maximum atomic E-state index is 9.19. The van der Waals surface area contributed by atoms with Crippen LogP contribution in [0.1, 0.15) is 23.8 Å². The van der Waals surface area contributed by atoms with Crippen molar-refractivity contribution in [2.45, 2.75) is 19.4 Å². The van der Waals surface area contributed by atoms with Gasteiger partial charge in [-0.1, -0.05) is 18.2 Å². The molecule has 0 radical (unpaired) electrons. The lowest BCUT2D eigenvalue weighted by molar-refractivity contribution is 0.102. The second-order valence-electron chi connectivity index (χ2n) is 4.69. The Morgan fingerprint density at radius 1 is 1.39 bits per heavy atom. The zero-order valence-electron chi connectivity index (χ0n) is 10.3. The molecule has 1 aromatic heterocycles. The molecule has 0 bridgehead atoms. The Morgan fingerprint density at radius 3 is 3.06 bits per heavy atom. The van der Waals surface area contributed by atoms with Crippen molar-refractivity contribution in [2.75, 3.05) is 6.61 Å². The number of nitriles is 1. The van der Waals surface area contributed by atoms with Crippen LogP contribution in [0.3, 0.4) is 0 Å². The number of para-hydroxylation sites is 1. The molecule has 2 unspecified atom stereocenters. The van der Waals surface area contributed by atoms with Gasteiger partial charge < -0.3 is 4.74 Å². The molecule has 3 heteroatoms. The van der Waals surface area contributed by atoms with E-state index in [9.17, 15) is 5.26 Å². The van der Waals surface area contributed by atoms with Gasteiger partial charge in [-0.15, -0.1) is 0 Å². The van der Waals surface area contributed by atoms with Crippen LogP contribution in [0.4, 0.5) is 0 Å². The summed E-state index contributed by atoms with van der Waals surface area (Å²) >= 11 is 0. The molecule has 1 fully saturated rings. The molecule has 1 aliphatic rings. The van der Waals surface area contributed by atoms with E-state index in [4.69, 9.17) is 4.74 Å². The fourth-order valence-corrected chi connectivity index (χ4v) is 2.60. The van der Waals surface area contributed by atoms with Crippen LogP contribution in [0.2, 0.25) is 0 Å². The molecule has 0 saturated carbocycles. The molecule has 18 heavy (non-hydrogen) atoms. The van der Waals surface area contributed by atoms with E-state index in [1.165, 1.54) is 0 Å². The third kappa shape index (κ3) is 1.75. The second-order valence-corrected chi connectivity index (χ2v) is 4.69. The number of aromatic nitrogens is 1. The summed E-state index contributed by atoms with van der Waals surface area (Å²) in [6.07, 6.45) is 0.707. The van der Waals surface area contributed by atoms with Gasteiger partial charge in [-0.3, -0.25) is 4.98 Å². The summed E-state index contributed by atoms with van der Waals surface area (Å²) in [5.41, 5.74) is 3.04. The predicted octanol–water partition coefficient (Wildman–Crippen LogP) is 3.14. The van der Waals surface area contributed by atoms with E-state index in [1.54, 1.807) is 0 Å². The Balaban J connectivity index is 2.19. The molecule has 2 atom stereocenters. The monoisotopic (exact) mass is 238 g/mol. The summed E-state index contributed by atoms with van der Waals surface area (Å²) in [5, 5.41) is 10.3. The summed E-state index contributed by atoms with van der Waals surface area (Å²) in [7, 11) is 0. The number of nitrogens with zero attached hydrogens (tertiary/aromatic N) is 2. The molecule has 1 aromatic carbocycles. The Bertz CT molecular complexity index is 630. The Kier molecular flexibility index (Phi) is 2.73. The van der Waals surface area contributed by atoms with Crippen LogP contribution in [-0.4, -0.2) is 11.6 Å². The highest BCUT2D eigenvalue weighted by Crippen LogP contribution is 2.37. The van der Waals surface area contributed by atoms with Crippen LogP contribution in [0.15, 0.2) is 30.3 Å². The molecule has 1 aliphatic heterocycles. The number of hydrogen-bond donors (Lipinski definition) is 0. The Hall–Kier alpha value is -1.92. The average molecular weight is 238 g/mol. The van der Waals surface area contributed by atoms with E-state index in [1.807, 2.05) is 37.3 Å².